The van der Waals surface area contributed by atoms with Crippen molar-refractivity contribution in [1.29, 1.82) is 0 Å². The van der Waals surface area contributed by atoms with E-state index in [0.29, 0.717) is 25.3 Å². The number of ether oxygens (including phenoxy) is 2. The molecule has 2 saturated heterocycles. The summed E-state index contributed by atoms with van der Waals surface area (Å²) in [6, 6.07) is 5.52. The van der Waals surface area contributed by atoms with Crippen molar-refractivity contribution >= 4 is 24.6 Å². The molecule has 1 N–H and O–H groups in total. The van der Waals surface area contributed by atoms with Crippen LogP contribution in [0.4, 0.5) is 4.79 Å². The van der Waals surface area contributed by atoms with Crippen LogP contribution in [0.3, 0.4) is 0 Å². The zero-order valence-electron chi connectivity index (χ0n) is 21.1. The molecule has 2 amide bonds. The van der Waals surface area contributed by atoms with Crippen LogP contribution in [0, 0.1) is 0 Å². The largest absolute Gasteiger partial charge is 0.494 e. The molecule has 0 bridgehead atoms. The van der Waals surface area contributed by atoms with Crippen LogP contribution in [-0.2, 0) is 25.3 Å². The Labute approximate surface area is 197 Å². The fourth-order valence-corrected chi connectivity index (χ4v) is 3.73. The molecule has 0 aliphatic carbocycles. The summed E-state index contributed by atoms with van der Waals surface area (Å²) >= 11 is 0. The maximum Gasteiger partial charge on any atom is 0.494 e. The number of alkyl carbamates (subject to hydrolysis) is 1. The van der Waals surface area contributed by atoms with Gasteiger partial charge >= 0.3 is 13.2 Å². The second kappa shape index (κ2) is 9.27. The van der Waals surface area contributed by atoms with E-state index in [1.54, 1.807) is 11.0 Å². The molecule has 3 rings (SSSR count). The number of nitrogens with one attached hydrogen (secondary N) is 1. The van der Waals surface area contributed by atoms with Crippen LogP contribution in [-0.4, -0.2) is 66.6 Å². The van der Waals surface area contributed by atoms with Gasteiger partial charge in [-0.05, 0) is 78.5 Å². The molecular weight excluding hydrogens is 423 g/mol. The Morgan fingerprint density at radius 2 is 1.79 bits per heavy atom. The van der Waals surface area contributed by atoms with Gasteiger partial charge in [0.1, 0.15) is 5.60 Å². The Balaban J connectivity index is 1.87. The number of carbonyl (C=O) groups is 2. The highest BCUT2D eigenvalue weighted by Gasteiger charge is 2.51. The topological polar surface area (TPSA) is 86.3 Å². The summed E-state index contributed by atoms with van der Waals surface area (Å²) in [5, 5.41) is 2.77. The standard InChI is InChI=1S/C24H37BN2O6/c1-16-15-27(9-10-30-16)20(28)18-11-17(14-26-21(29)31-22(2,3)4)12-19(13-18)25-32-23(5,6)24(7,8)33-25/h11-13,16H,9-10,14-15H2,1-8H3,(H,26,29). The SMILES string of the molecule is CC1CN(C(=O)c2cc(CNC(=O)OC(C)(C)C)cc(B3OC(C)(C)C(C)(C)O3)c2)CCO1. The van der Waals surface area contributed by atoms with Gasteiger partial charge in [0.2, 0.25) is 0 Å². The molecule has 8 nitrogen and oxygen atoms in total. The van der Waals surface area contributed by atoms with Gasteiger partial charge in [-0.2, -0.15) is 0 Å². The molecule has 1 aromatic carbocycles. The normalized spacial score (nSPS) is 22.2. The quantitative estimate of drug-likeness (QED) is 0.696. The van der Waals surface area contributed by atoms with E-state index in [1.807, 2.05) is 67.5 Å². The Morgan fingerprint density at radius 3 is 2.36 bits per heavy atom. The first-order valence-electron chi connectivity index (χ1n) is 11.5. The maximum atomic E-state index is 13.3. The molecule has 2 heterocycles. The van der Waals surface area contributed by atoms with Crippen LogP contribution in [0.25, 0.3) is 0 Å². The van der Waals surface area contributed by atoms with E-state index in [9.17, 15) is 9.59 Å². The molecule has 0 radical (unpaired) electrons. The maximum absolute atomic E-state index is 13.3. The van der Waals surface area contributed by atoms with Gasteiger partial charge in [0, 0.05) is 25.2 Å². The molecule has 0 spiro atoms. The van der Waals surface area contributed by atoms with Crippen molar-refractivity contribution in [3.63, 3.8) is 0 Å². The first-order valence-corrected chi connectivity index (χ1v) is 11.5. The van der Waals surface area contributed by atoms with Crippen molar-refractivity contribution in [3.05, 3.63) is 29.3 Å². The molecule has 0 aromatic heterocycles. The number of benzene rings is 1. The number of amides is 2. The predicted octanol–water partition coefficient (Wildman–Crippen LogP) is 2.87. The molecule has 2 aliphatic rings. The predicted molar refractivity (Wildman–Crippen MR) is 127 cm³/mol. The summed E-state index contributed by atoms with van der Waals surface area (Å²) in [5.41, 5.74) is 0.415. The summed E-state index contributed by atoms with van der Waals surface area (Å²) in [6.45, 7) is 17.1. The van der Waals surface area contributed by atoms with Crippen molar-refractivity contribution in [1.82, 2.24) is 10.2 Å². The summed E-state index contributed by atoms with van der Waals surface area (Å²) in [7, 11) is -0.619. The molecule has 182 valence electrons. The summed E-state index contributed by atoms with van der Waals surface area (Å²) in [5.74, 6) is -0.0814. The Morgan fingerprint density at radius 1 is 1.15 bits per heavy atom. The first-order chi connectivity index (χ1) is 15.2. The highest BCUT2D eigenvalue weighted by atomic mass is 16.7. The molecular formula is C24H37BN2O6. The van der Waals surface area contributed by atoms with Crippen LogP contribution >= 0.6 is 0 Å². The van der Waals surface area contributed by atoms with Gasteiger partial charge in [-0.25, -0.2) is 4.79 Å². The molecule has 0 saturated carbocycles. The number of hydrogen-bond acceptors (Lipinski definition) is 6. The number of carbonyl (C=O) groups excluding carboxylic acids is 2. The van der Waals surface area contributed by atoms with Gasteiger partial charge in [-0.3, -0.25) is 4.79 Å². The smallest absolute Gasteiger partial charge is 0.444 e. The fourth-order valence-electron chi connectivity index (χ4n) is 3.73. The van der Waals surface area contributed by atoms with Crippen molar-refractivity contribution in [2.24, 2.45) is 0 Å². The number of nitrogens with zero attached hydrogens (tertiary/aromatic N) is 1. The van der Waals surface area contributed by atoms with Crippen molar-refractivity contribution in [2.45, 2.75) is 84.8 Å². The van der Waals surface area contributed by atoms with Gasteiger partial charge in [0.25, 0.3) is 5.91 Å². The van der Waals surface area contributed by atoms with Crippen LogP contribution in [0.5, 0.6) is 0 Å². The minimum atomic E-state index is -0.619. The minimum Gasteiger partial charge on any atom is -0.444 e. The van der Waals surface area contributed by atoms with Crippen molar-refractivity contribution in [3.8, 4) is 0 Å². The third-order valence-electron chi connectivity index (χ3n) is 6.15. The van der Waals surface area contributed by atoms with E-state index >= 15 is 0 Å². The van der Waals surface area contributed by atoms with E-state index in [0.717, 1.165) is 11.0 Å². The van der Waals surface area contributed by atoms with Crippen LogP contribution < -0.4 is 10.8 Å². The Hall–Kier alpha value is -2.10. The zero-order chi connectivity index (χ0) is 24.6. The van der Waals surface area contributed by atoms with Crippen molar-refractivity contribution in [2.75, 3.05) is 19.7 Å². The highest BCUT2D eigenvalue weighted by Crippen LogP contribution is 2.36. The lowest BCUT2D eigenvalue weighted by Crippen LogP contribution is -2.45. The second-order valence-corrected chi connectivity index (χ2v) is 10.8. The number of morpholine rings is 1. The third-order valence-corrected chi connectivity index (χ3v) is 6.15. The van der Waals surface area contributed by atoms with Crippen molar-refractivity contribution < 1.29 is 28.4 Å². The average Bonchev–Trinajstić information content (AvgIpc) is 2.91. The van der Waals surface area contributed by atoms with Crippen LogP contribution in [0.1, 0.15) is 71.3 Å². The lowest BCUT2D eigenvalue weighted by atomic mass is 9.77. The minimum absolute atomic E-state index is 0.0118. The molecule has 2 fully saturated rings. The van der Waals surface area contributed by atoms with Crippen LogP contribution in [0.15, 0.2) is 18.2 Å². The molecule has 2 aliphatic heterocycles. The van der Waals surface area contributed by atoms with E-state index in [1.165, 1.54) is 0 Å². The third kappa shape index (κ3) is 6.28. The Kier molecular flexibility index (Phi) is 7.17. The number of hydrogen-bond donors (Lipinski definition) is 1. The monoisotopic (exact) mass is 460 g/mol. The van der Waals surface area contributed by atoms with E-state index in [2.05, 4.69) is 5.32 Å². The Bertz CT molecular complexity index is 879. The van der Waals surface area contributed by atoms with Gasteiger partial charge in [-0.1, -0.05) is 6.07 Å². The van der Waals surface area contributed by atoms with E-state index in [-0.39, 0.29) is 18.6 Å². The number of rotatable bonds is 4. The summed E-state index contributed by atoms with van der Waals surface area (Å²) in [4.78, 5) is 27.3. The molecule has 1 atom stereocenters. The lowest BCUT2D eigenvalue weighted by Gasteiger charge is -2.32. The van der Waals surface area contributed by atoms with Gasteiger partial charge in [0.05, 0.1) is 23.9 Å². The zero-order valence-corrected chi connectivity index (χ0v) is 21.1. The van der Waals surface area contributed by atoms with Gasteiger partial charge < -0.3 is 29.0 Å². The van der Waals surface area contributed by atoms with Gasteiger partial charge in [-0.15, -0.1) is 0 Å². The molecule has 1 aromatic rings. The van der Waals surface area contributed by atoms with Crippen LogP contribution in [0.2, 0.25) is 0 Å². The lowest BCUT2D eigenvalue weighted by molar-refractivity contribution is -0.0124. The molecule has 1 unspecified atom stereocenters. The van der Waals surface area contributed by atoms with E-state index in [4.69, 9.17) is 18.8 Å². The average molecular weight is 460 g/mol. The van der Waals surface area contributed by atoms with E-state index < -0.39 is 30.0 Å². The van der Waals surface area contributed by atoms with Gasteiger partial charge in [0.15, 0.2) is 0 Å². The summed E-state index contributed by atoms with van der Waals surface area (Å²) in [6.07, 6.45) is -0.527. The first kappa shape index (κ1) is 25.5. The molecule has 33 heavy (non-hydrogen) atoms. The fraction of sp³-hybridized carbons (Fsp3) is 0.667. The summed E-state index contributed by atoms with van der Waals surface area (Å²) < 4.78 is 23.3. The molecule has 9 heteroatoms. The highest BCUT2D eigenvalue weighted by molar-refractivity contribution is 6.62. The second-order valence-electron chi connectivity index (χ2n) is 10.8.